The van der Waals surface area contributed by atoms with Crippen molar-refractivity contribution in [1.82, 2.24) is 0 Å². The number of rotatable bonds is 5. The number of fused-ring (bicyclic) bond motifs is 1. The van der Waals surface area contributed by atoms with Gasteiger partial charge in [-0.3, -0.25) is 14.9 Å². The summed E-state index contributed by atoms with van der Waals surface area (Å²) < 4.78 is 5.40. The second-order valence-electron chi connectivity index (χ2n) is 5.88. The van der Waals surface area contributed by atoms with Crippen LogP contribution in [-0.4, -0.2) is 31.4 Å². The molecule has 8 heteroatoms. The number of nitrogens with zero attached hydrogens (tertiary/aromatic N) is 4. The Labute approximate surface area is 155 Å². The zero-order valence-corrected chi connectivity index (χ0v) is 14.7. The minimum absolute atomic E-state index is 0.0156. The van der Waals surface area contributed by atoms with Crippen LogP contribution >= 0.6 is 0 Å². The van der Waals surface area contributed by atoms with Crippen LogP contribution in [0.2, 0.25) is 0 Å². The van der Waals surface area contributed by atoms with Gasteiger partial charge in [0, 0.05) is 26.2 Å². The smallest absolute Gasteiger partial charge is 0.269 e. The zero-order chi connectivity index (χ0) is 19.6. The van der Waals surface area contributed by atoms with Crippen LogP contribution in [-0.2, 0) is 4.79 Å². The second kappa shape index (κ2) is 7.17. The second-order valence-corrected chi connectivity index (χ2v) is 5.88. The first-order valence-electron chi connectivity index (χ1n) is 8.05. The van der Waals surface area contributed by atoms with Crippen molar-refractivity contribution < 1.29 is 14.5 Å². The van der Waals surface area contributed by atoms with Crippen molar-refractivity contribution in [1.29, 1.82) is 5.26 Å². The number of ketones is 1. The van der Waals surface area contributed by atoms with Gasteiger partial charge in [-0.15, -0.1) is 0 Å². The fourth-order valence-electron chi connectivity index (χ4n) is 2.94. The van der Waals surface area contributed by atoms with Gasteiger partial charge in [0.25, 0.3) is 5.69 Å². The van der Waals surface area contributed by atoms with E-state index >= 15 is 0 Å². The fourth-order valence-corrected chi connectivity index (χ4v) is 2.94. The van der Waals surface area contributed by atoms with Crippen molar-refractivity contribution >= 4 is 22.8 Å². The number of anilines is 2. The maximum absolute atomic E-state index is 12.6. The van der Waals surface area contributed by atoms with E-state index in [2.05, 4.69) is 0 Å². The molecular formula is C19H16N4O4. The van der Waals surface area contributed by atoms with Crippen LogP contribution in [0.1, 0.15) is 0 Å². The summed E-state index contributed by atoms with van der Waals surface area (Å²) in [7, 11) is 3.58. The van der Waals surface area contributed by atoms with E-state index in [1.807, 2.05) is 30.3 Å². The van der Waals surface area contributed by atoms with E-state index in [9.17, 15) is 20.2 Å². The van der Waals surface area contributed by atoms with Crippen LogP contribution in [0.4, 0.5) is 17.1 Å². The van der Waals surface area contributed by atoms with Crippen molar-refractivity contribution in [2.24, 2.45) is 0 Å². The van der Waals surface area contributed by atoms with Crippen molar-refractivity contribution in [2.75, 3.05) is 30.5 Å². The van der Waals surface area contributed by atoms with Gasteiger partial charge < -0.3 is 14.5 Å². The van der Waals surface area contributed by atoms with Crippen LogP contribution in [0.3, 0.4) is 0 Å². The summed E-state index contributed by atoms with van der Waals surface area (Å²) in [6.45, 7) is -0.345. The van der Waals surface area contributed by atoms with Crippen LogP contribution in [0, 0.1) is 21.4 Å². The van der Waals surface area contributed by atoms with E-state index in [0.29, 0.717) is 11.6 Å². The third-order valence-corrected chi connectivity index (χ3v) is 4.27. The number of hydrogen-bond acceptors (Lipinski definition) is 7. The molecule has 0 aromatic heterocycles. The van der Waals surface area contributed by atoms with Crippen molar-refractivity contribution in [2.45, 2.75) is 0 Å². The molecule has 1 heterocycles. The van der Waals surface area contributed by atoms with Crippen molar-refractivity contribution in [3.05, 3.63) is 70.0 Å². The molecule has 1 aliphatic rings. The topological polar surface area (TPSA) is 99.7 Å². The van der Waals surface area contributed by atoms with Gasteiger partial charge in [-0.05, 0) is 24.3 Å². The lowest BCUT2D eigenvalue weighted by atomic mass is 10.2. The summed E-state index contributed by atoms with van der Waals surface area (Å²) in [5, 5.41) is 20.2. The molecule has 2 aromatic carbocycles. The maximum atomic E-state index is 12.6. The van der Waals surface area contributed by atoms with Gasteiger partial charge in [0.2, 0.25) is 5.78 Å². The molecule has 136 valence electrons. The molecule has 0 aliphatic carbocycles. The Morgan fingerprint density at radius 1 is 1.11 bits per heavy atom. The number of para-hydroxylation sites is 2. The number of nitro groups is 1. The van der Waals surface area contributed by atoms with Gasteiger partial charge in [-0.2, -0.15) is 5.26 Å². The third-order valence-electron chi connectivity index (χ3n) is 4.27. The van der Waals surface area contributed by atoms with E-state index in [0.717, 1.165) is 11.4 Å². The van der Waals surface area contributed by atoms with Gasteiger partial charge in [-0.1, -0.05) is 12.1 Å². The highest BCUT2D eigenvalue weighted by molar-refractivity contribution is 6.03. The number of carbonyl (C=O) groups is 1. The molecule has 27 heavy (non-hydrogen) atoms. The lowest BCUT2D eigenvalue weighted by Crippen LogP contribution is -2.27. The SMILES string of the molecule is CN1C(=C(C#N)C(=O)COc2ccc([N+](=O)[O-])cc2)N(C)c2ccccc21. The standard InChI is InChI=1S/C19H16N4O4/c1-21-16-5-3-4-6-17(16)22(2)19(21)15(11-20)18(24)12-27-14-9-7-13(8-10-14)23(25)26/h3-10H,12H2,1-2H3. The molecule has 0 spiro atoms. The minimum atomic E-state index is -0.517. The van der Waals surface area contributed by atoms with E-state index in [-0.39, 0.29) is 17.9 Å². The van der Waals surface area contributed by atoms with Gasteiger partial charge in [0.05, 0.1) is 16.3 Å². The Hall–Kier alpha value is -3.86. The number of ether oxygens (including phenoxy) is 1. The Bertz CT molecular complexity index is 945. The number of carbonyl (C=O) groups excluding carboxylic acids is 1. The summed E-state index contributed by atoms with van der Waals surface area (Å²) >= 11 is 0. The predicted molar refractivity (Wildman–Crippen MR) is 99.5 cm³/mol. The summed E-state index contributed by atoms with van der Waals surface area (Å²) in [6.07, 6.45) is 0. The Kier molecular flexibility index (Phi) is 4.77. The van der Waals surface area contributed by atoms with E-state index < -0.39 is 10.7 Å². The fraction of sp³-hybridized carbons (Fsp3) is 0.158. The lowest BCUT2D eigenvalue weighted by Gasteiger charge is -2.20. The van der Waals surface area contributed by atoms with Gasteiger partial charge in [0.1, 0.15) is 23.2 Å². The number of benzene rings is 2. The average Bonchev–Trinajstić information content (AvgIpc) is 2.93. The molecule has 0 saturated heterocycles. The van der Waals surface area contributed by atoms with Crippen molar-refractivity contribution in [3.8, 4) is 11.8 Å². The summed E-state index contributed by atoms with van der Waals surface area (Å²) in [5.74, 6) is 0.320. The number of nitriles is 1. The minimum Gasteiger partial charge on any atom is -0.485 e. The first-order chi connectivity index (χ1) is 12.9. The van der Waals surface area contributed by atoms with E-state index in [1.165, 1.54) is 24.3 Å². The normalized spacial score (nSPS) is 12.4. The Morgan fingerprint density at radius 2 is 1.67 bits per heavy atom. The zero-order valence-electron chi connectivity index (χ0n) is 14.7. The highest BCUT2D eigenvalue weighted by Crippen LogP contribution is 2.40. The Morgan fingerprint density at radius 3 is 2.15 bits per heavy atom. The number of non-ortho nitro benzene ring substituents is 1. The number of hydrogen-bond donors (Lipinski definition) is 0. The molecule has 8 nitrogen and oxygen atoms in total. The molecular weight excluding hydrogens is 348 g/mol. The quantitative estimate of drug-likeness (QED) is 0.348. The van der Waals surface area contributed by atoms with Gasteiger partial charge in [-0.25, -0.2) is 0 Å². The van der Waals surface area contributed by atoms with Gasteiger partial charge in [0.15, 0.2) is 6.61 Å². The summed E-state index contributed by atoms with van der Waals surface area (Å²) in [6, 6.07) is 15.0. The van der Waals surface area contributed by atoms with Gasteiger partial charge >= 0.3 is 0 Å². The first-order valence-corrected chi connectivity index (χ1v) is 8.05. The number of Topliss-reactive ketones (excluding diaryl/α,β-unsaturated/α-hetero) is 1. The molecule has 0 fully saturated rings. The monoisotopic (exact) mass is 364 g/mol. The summed E-state index contributed by atoms with van der Waals surface area (Å²) in [4.78, 5) is 26.3. The molecule has 0 radical (unpaired) electrons. The molecule has 0 saturated carbocycles. The van der Waals surface area contributed by atoms with Crippen LogP contribution in [0.25, 0.3) is 0 Å². The summed E-state index contributed by atoms with van der Waals surface area (Å²) in [5.41, 5.74) is 1.71. The molecule has 0 amide bonds. The van der Waals surface area contributed by atoms with Crippen LogP contribution in [0.15, 0.2) is 59.9 Å². The lowest BCUT2D eigenvalue weighted by molar-refractivity contribution is -0.384. The predicted octanol–water partition coefficient (Wildman–Crippen LogP) is 2.86. The van der Waals surface area contributed by atoms with E-state index in [4.69, 9.17) is 4.74 Å². The molecule has 3 rings (SSSR count). The molecule has 0 bridgehead atoms. The van der Waals surface area contributed by atoms with Crippen molar-refractivity contribution in [3.63, 3.8) is 0 Å². The molecule has 2 aromatic rings. The maximum Gasteiger partial charge on any atom is 0.269 e. The number of nitro benzene ring substituents is 1. The third kappa shape index (κ3) is 3.30. The molecule has 0 atom stereocenters. The molecule has 0 N–H and O–H groups in total. The Balaban J connectivity index is 1.80. The molecule has 0 unspecified atom stereocenters. The van der Waals surface area contributed by atoms with Crippen LogP contribution in [0.5, 0.6) is 5.75 Å². The first kappa shape index (κ1) is 17.9. The largest absolute Gasteiger partial charge is 0.485 e. The molecule has 1 aliphatic heterocycles. The van der Waals surface area contributed by atoms with E-state index in [1.54, 1.807) is 23.9 Å². The average molecular weight is 364 g/mol. The highest BCUT2D eigenvalue weighted by atomic mass is 16.6. The van der Waals surface area contributed by atoms with Crippen LogP contribution < -0.4 is 14.5 Å². The highest BCUT2D eigenvalue weighted by Gasteiger charge is 2.31.